The number of carbonyl (C=O) groups excluding carboxylic acids is 3. The van der Waals surface area contributed by atoms with Gasteiger partial charge >= 0.3 is 5.97 Å². The van der Waals surface area contributed by atoms with Crippen molar-refractivity contribution in [3.63, 3.8) is 0 Å². The van der Waals surface area contributed by atoms with Gasteiger partial charge in [0.25, 0.3) is 11.1 Å². The number of amides is 2. The lowest BCUT2D eigenvalue weighted by Crippen LogP contribution is -2.42. The molecular formula is C19H17NO5S. The summed E-state index contributed by atoms with van der Waals surface area (Å²) < 4.78 is 10.0. The number of esters is 1. The highest BCUT2D eigenvalue weighted by atomic mass is 32.2. The summed E-state index contributed by atoms with van der Waals surface area (Å²) in [5.74, 6) is -0.411. The summed E-state index contributed by atoms with van der Waals surface area (Å²) in [6, 6.07) is 10.3. The van der Waals surface area contributed by atoms with Crippen LogP contribution in [0.1, 0.15) is 12.5 Å². The van der Waals surface area contributed by atoms with Crippen LogP contribution in [0.2, 0.25) is 0 Å². The smallest absolute Gasteiger partial charge is 0.328 e. The molecule has 1 aliphatic heterocycles. The molecule has 1 aliphatic rings. The van der Waals surface area contributed by atoms with Crippen molar-refractivity contribution in [1.29, 1.82) is 0 Å². The molecule has 3 rings (SSSR count). The average Bonchev–Trinajstić information content (AvgIpc) is 2.94. The molecule has 1 heterocycles. The molecule has 7 heteroatoms. The lowest BCUT2D eigenvalue weighted by Gasteiger charge is -2.18. The zero-order valence-electron chi connectivity index (χ0n) is 14.5. The third-order valence-electron chi connectivity index (χ3n) is 4.18. The molecule has 0 unspecified atom stereocenters. The molecule has 2 aromatic carbocycles. The van der Waals surface area contributed by atoms with E-state index in [0.717, 1.165) is 38.7 Å². The first-order valence-corrected chi connectivity index (χ1v) is 8.70. The predicted molar refractivity (Wildman–Crippen MR) is 99.8 cm³/mol. The van der Waals surface area contributed by atoms with E-state index < -0.39 is 23.2 Å². The first-order valence-electron chi connectivity index (χ1n) is 7.88. The van der Waals surface area contributed by atoms with Crippen LogP contribution in [-0.4, -0.2) is 42.3 Å². The van der Waals surface area contributed by atoms with Gasteiger partial charge in [0.15, 0.2) is 0 Å². The Hall–Kier alpha value is -2.80. The zero-order valence-corrected chi connectivity index (χ0v) is 15.3. The summed E-state index contributed by atoms with van der Waals surface area (Å²) in [4.78, 5) is 37.7. The molecule has 2 amide bonds. The number of ether oxygens (including phenoxy) is 2. The lowest BCUT2D eigenvalue weighted by atomic mass is 10.0. The van der Waals surface area contributed by atoms with Gasteiger partial charge in [-0.15, -0.1) is 0 Å². The SMILES string of the molecule is COC(=O)[C@H](C)N1C(=O)S/C(=C\c2ccc(OC)c3ccccc23)C1=O. The fourth-order valence-corrected chi connectivity index (χ4v) is 3.73. The Morgan fingerprint density at radius 1 is 1.12 bits per heavy atom. The average molecular weight is 371 g/mol. The molecule has 1 atom stereocenters. The van der Waals surface area contributed by atoms with Gasteiger partial charge in [0.05, 0.1) is 19.1 Å². The fraction of sp³-hybridized carbons (Fsp3) is 0.211. The highest BCUT2D eigenvalue weighted by Gasteiger charge is 2.41. The van der Waals surface area contributed by atoms with Gasteiger partial charge in [0.1, 0.15) is 11.8 Å². The summed E-state index contributed by atoms with van der Waals surface area (Å²) in [5.41, 5.74) is 0.789. The molecule has 0 radical (unpaired) electrons. The highest BCUT2D eigenvalue weighted by molar-refractivity contribution is 8.18. The molecule has 26 heavy (non-hydrogen) atoms. The summed E-state index contributed by atoms with van der Waals surface area (Å²) in [6.07, 6.45) is 1.66. The van der Waals surface area contributed by atoms with Crippen LogP contribution in [0.25, 0.3) is 16.8 Å². The number of benzene rings is 2. The van der Waals surface area contributed by atoms with Crippen molar-refractivity contribution in [2.75, 3.05) is 14.2 Å². The van der Waals surface area contributed by atoms with E-state index >= 15 is 0 Å². The number of hydrogen-bond acceptors (Lipinski definition) is 6. The largest absolute Gasteiger partial charge is 0.496 e. The van der Waals surface area contributed by atoms with Gasteiger partial charge in [0.2, 0.25) is 0 Å². The second kappa shape index (κ2) is 7.21. The molecule has 1 saturated heterocycles. The standard InChI is InChI=1S/C19H17NO5S/c1-11(18(22)25-3)20-17(21)16(26-19(20)23)10-12-8-9-15(24-2)14-7-5-4-6-13(12)14/h4-11H,1-3H3/b16-10-/t11-/m0/s1. The summed E-state index contributed by atoms with van der Waals surface area (Å²) in [6.45, 7) is 1.47. The normalized spacial score (nSPS) is 17.0. The number of hydrogen-bond donors (Lipinski definition) is 0. The molecular weight excluding hydrogens is 354 g/mol. The van der Waals surface area contributed by atoms with E-state index in [1.807, 2.05) is 36.4 Å². The Labute approximate surface area is 154 Å². The van der Waals surface area contributed by atoms with Crippen LogP contribution in [0.4, 0.5) is 4.79 Å². The van der Waals surface area contributed by atoms with Gasteiger partial charge in [0, 0.05) is 5.39 Å². The zero-order chi connectivity index (χ0) is 18.8. The summed E-state index contributed by atoms with van der Waals surface area (Å²) >= 11 is 0.811. The molecule has 2 aromatic rings. The Morgan fingerprint density at radius 3 is 2.46 bits per heavy atom. The van der Waals surface area contributed by atoms with Crippen molar-refractivity contribution in [3.8, 4) is 5.75 Å². The van der Waals surface area contributed by atoms with Crippen LogP contribution >= 0.6 is 11.8 Å². The minimum absolute atomic E-state index is 0.265. The minimum Gasteiger partial charge on any atom is -0.496 e. The lowest BCUT2D eigenvalue weighted by molar-refractivity contribution is -0.148. The van der Waals surface area contributed by atoms with E-state index in [1.54, 1.807) is 13.2 Å². The molecule has 0 spiro atoms. The first-order chi connectivity index (χ1) is 12.5. The number of fused-ring (bicyclic) bond motifs is 1. The van der Waals surface area contributed by atoms with Crippen molar-refractivity contribution in [2.24, 2.45) is 0 Å². The number of carbonyl (C=O) groups is 3. The monoisotopic (exact) mass is 371 g/mol. The minimum atomic E-state index is -0.967. The number of nitrogens with zero attached hydrogens (tertiary/aromatic N) is 1. The third kappa shape index (κ3) is 3.06. The fourth-order valence-electron chi connectivity index (χ4n) is 2.83. The molecule has 0 bridgehead atoms. The second-order valence-corrected chi connectivity index (χ2v) is 6.65. The van der Waals surface area contributed by atoms with Crippen LogP contribution in [-0.2, 0) is 14.3 Å². The van der Waals surface area contributed by atoms with Gasteiger partial charge in [-0.1, -0.05) is 30.3 Å². The number of methoxy groups -OCH3 is 2. The molecule has 0 aromatic heterocycles. The number of thioether (sulfide) groups is 1. The molecule has 6 nitrogen and oxygen atoms in total. The van der Waals surface area contributed by atoms with Crippen molar-refractivity contribution in [2.45, 2.75) is 13.0 Å². The van der Waals surface area contributed by atoms with E-state index in [9.17, 15) is 14.4 Å². The number of imide groups is 1. The van der Waals surface area contributed by atoms with E-state index in [-0.39, 0.29) is 4.91 Å². The van der Waals surface area contributed by atoms with Gasteiger partial charge < -0.3 is 9.47 Å². The number of rotatable bonds is 4. The van der Waals surface area contributed by atoms with Crippen LogP contribution in [0.3, 0.4) is 0 Å². The topological polar surface area (TPSA) is 72.9 Å². The van der Waals surface area contributed by atoms with Crippen LogP contribution < -0.4 is 4.74 Å². The first kappa shape index (κ1) is 18.0. The quantitative estimate of drug-likeness (QED) is 0.605. The molecule has 0 aliphatic carbocycles. The highest BCUT2D eigenvalue weighted by Crippen LogP contribution is 2.36. The second-order valence-electron chi connectivity index (χ2n) is 5.65. The maximum Gasteiger partial charge on any atom is 0.328 e. The van der Waals surface area contributed by atoms with Crippen LogP contribution in [0.5, 0.6) is 5.75 Å². The molecule has 0 saturated carbocycles. The van der Waals surface area contributed by atoms with Crippen molar-refractivity contribution in [3.05, 3.63) is 46.9 Å². The van der Waals surface area contributed by atoms with Gasteiger partial charge in [-0.3, -0.25) is 14.5 Å². The van der Waals surface area contributed by atoms with E-state index in [1.165, 1.54) is 14.0 Å². The Bertz CT molecular complexity index is 937. The van der Waals surface area contributed by atoms with Crippen LogP contribution in [0.15, 0.2) is 41.3 Å². The van der Waals surface area contributed by atoms with Gasteiger partial charge in [-0.05, 0) is 41.8 Å². The molecule has 1 fully saturated rings. The van der Waals surface area contributed by atoms with Crippen molar-refractivity contribution < 1.29 is 23.9 Å². The van der Waals surface area contributed by atoms with E-state index in [2.05, 4.69) is 4.74 Å². The van der Waals surface area contributed by atoms with Gasteiger partial charge in [-0.2, -0.15) is 0 Å². The van der Waals surface area contributed by atoms with Gasteiger partial charge in [-0.25, -0.2) is 4.79 Å². The predicted octanol–water partition coefficient (Wildman–Crippen LogP) is 3.45. The Kier molecular flexibility index (Phi) is 4.99. The Balaban J connectivity index is 2.02. The molecule has 134 valence electrons. The summed E-state index contributed by atoms with van der Waals surface area (Å²) in [5, 5.41) is 1.32. The van der Waals surface area contributed by atoms with Crippen molar-refractivity contribution in [1.82, 2.24) is 4.90 Å². The van der Waals surface area contributed by atoms with Crippen LogP contribution in [0, 0.1) is 0 Å². The summed E-state index contributed by atoms with van der Waals surface area (Å²) in [7, 11) is 2.82. The van der Waals surface area contributed by atoms with Crippen molar-refractivity contribution >= 4 is 45.7 Å². The Morgan fingerprint density at radius 2 is 1.81 bits per heavy atom. The third-order valence-corrected chi connectivity index (χ3v) is 5.06. The van der Waals surface area contributed by atoms with E-state index in [0.29, 0.717) is 0 Å². The maximum absolute atomic E-state index is 12.6. The maximum atomic E-state index is 12.6. The van der Waals surface area contributed by atoms with E-state index in [4.69, 9.17) is 4.74 Å². The molecule has 0 N–H and O–H groups in total.